The Kier molecular flexibility index (Phi) is 5.90. The lowest BCUT2D eigenvalue weighted by molar-refractivity contribution is 0.0129. The van der Waals surface area contributed by atoms with E-state index in [-0.39, 0.29) is 17.7 Å². The number of amides is 1. The number of aliphatic hydroxyl groups excluding tert-OH is 2. The van der Waals surface area contributed by atoms with Gasteiger partial charge in [-0.3, -0.25) is 0 Å². The molecule has 2 atom stereocenters. The number of alkyl carbamates (subject to hydrolysis) is 1. The Morgan fingerprint density at radius 3 is 2.45 bits per heavy atom. The number of hydrogen-bond donors (Lipinski definition) is 4. The number of carbonyl (C=O) groups is 2. The molecule has 0 aromatic heterocycles. The summed E-state index contributed by atoms with van der Waals surface area (Å²) in [6.45, 7) is 4.88. The van der Waals surface area contributed by atoms with E-state index in [9.17, 15) is 19.8 Å². The van der Waals surface area contributed by atoms with Gasteiger partial charge in [0, 0.05) is 6.54 Å². The highest BCUT2D eigenvalue weighted by atomic mass is 16.6. The molecule has 22 heavy (non-hydrogen) atoms. The van der Waals surface area contributed by atoms with Crippen LogP contribution in [0.2, 0.25) is 0 Å². The molecule has 122 valence electrons. The number of nitrogens with one attached hydrogen (secondary N) is 1. The van der Waals surface area contributed by atoms with E-state index < -0.39 is 29.9 Å². The Balaban J connectivity index is 2.62. The zero-order valence-corrected chi connectivity index (χ0v) is 12.7. The predicted molar refractivity (Wildman–Crippen MR) is 78.6 cm³/mol. The van der Waals surface area contributed by atoms with E-state index in [0.29, 0.717) is 0 Å². The second kappa shape index (κ2) is 7.24. The number of aliphatic hydroxyl groups is 2. The zero-order chi connectivity index (χ0) is 16.9. The summed E-state index contributed by atoms with van der Waals surface area (Å²) in [5.74, 6) is -1.13. The molecule has 0 radical (unpaired) electrons. The molecule has 1 rings (SSSR count). The van der Waals surface area contributed by atoms with Gasteiger partial charge in [-0.1, -0.05) is 12.1 Å². The molecule has 0 spiro atoms. The summed E-state index contributed by atoms with van der Waals surface area (Å²) < 4.78 is 5.00. The number of aromatic carboxylic acids is 1. The predicted octanol–water partition coefficient (Wildman–Crippen LogP) is 1.30. The van der Waals surface area contributed by atoms with Crippen LogP contribution in [0.15, 0.2) is 24.3 Å². The molecule has 0 saturated carbocycles. The summed E-state index contributed by atoms with van der Waals surface area (Å²) in [5.41, 5.74) is -0.411. The van der Waals surface area contributed by atoms with Gasteiger partial charge >= 0.3 is 12.1 Å². The molecule has 0 aliphatic rings. The third-order valence-corrected chi connectivity index (χ3v) is 2.69. The van der Waals surface area contributed by atoms with Gasteiger partial charge in [0.1, 0.15) is 17.8 Å². The lowest BCUT2D eigenvalue weighted by Crippen LogP contribution is -2.38. The van der Waals surface area contributed by atoms with Crippen molar-refractivity contribution in [3.8, 4) is 0 Å². The van der Waals surface area contributed by atoms with Crippen LogP contribution in [0.1, 0.15) is 42.8 Å². The Morgan fingerprint density at radius 2 is 1.91 bits per heavy atom. The lowest BCUT2D eigenvalue weighted by Gasteiger charge is -2.22. The topological polar surface area (TPSA) is 116 Å². The Morgan fingerprint density at radius 1 is 1.27 bits per heavy atom. The molecule has 0 aliphatic carbocycles. The van der Waals surface area contributed by atoms with Crippen molar-refractivity contribution in [1.82, 2.24) is 5.32 Å². The van der Waals surface area contributed by atoms with Crippen molar-refractivity contribution in [2.75, 3.05) is 6.54 Å². The van der Waals surface area contributed by atoms with Crippen LogP contribution in [0.5, 0.6) is 0 Å². The van der Waals surface area contributed by atoms with Crippen LogP contribution in [-0.4, -0.2) is 45.6 Å². The molecule has 0 bridgehead atoms. The number of hydrogen-bond acceptors (Lipinski definition) is 5. The van der Waals surface area contributed by atoms with E-state index in [0.717, 1.165) is 0 Å². The number of ether oxygens (including phenoxy) is 1. The van der Waals surface area contributed by atoms with Gasteiger partial charge in [0.2, 0.25) is 0 Å². The van der Waals surface area contributed by atoms with Crippen molar-refractivity contribution in [2.45, 2.75) is 38.6 Å². The fraction of sp³-hybridized carbons (Fsp3) is 0.467. The molecule has 4 N–H and O–H groups in total. The molecule has 0 heterocycles. The highest BCUT2D eigenvalue weighted by Gasteiger charge is 2.22. The summed E-state index contributed by atoms with van der Waals surface area (Å²) >= 11 is 0. The number of carboxylic acids is 1. The third-order valence-electron chi connectivity index (χ3n) is 2.69. The summed E-state index contributed by atoms with van der Waals surface area (Å²) in [6, 6.07) is 5.61. The second-order valence-electron chi connectivity index (χ2n) is 5.83. The maximum absolute atomic E-state index is 11.5. The quantitative estimate of drug-likeness (QED) is 0.651. The number of carboxylic acid groups (broad SMARTS) is 1. The first kappa shape index (κ1) is 17.9. The van der Waals surface area contributed by atoms with Crippen molar-refractivity contribution in [2.24, 2.45) is 0 Å². The van der Waals surface area contributed by atoms with Crippen molar-refractivity contribution in [1.29, 1.82) is 0 Å². The molecule has 7 nitrogen and oxygen atoms in total. The maximum atomic E-state index is 11.5. The monoisotopic (exact) mass is 311 g/mol. The van der Waals surface area contributed by atoms with Crippen LogP contribution in [0.4, 0.5) is 4.79 Å². The normalized spacial score (nSPS) is 14.0. The molecule has 1 aromatic rings. The summed E-state index contributed by atoms with van der Waals surface area (Å²) in [4.78, 5) is 22.3. The molecule has 1 aromatic carbocycles. The molecule has 7 heteroatoms. The average molecular weight is 311 g/mol. The highest BCUT2D eigenvalue weighted by Crippen LogP contribution is 2.18. The molecule has 0 saturated heterocycles. The van der Waals surface area contributed by atoms with E-state index in [1.807, 2.05) is 0 Å². The second-order valence-corrected chi connectivity index (χ2v) is 5.83. The molecule has 1 amide bonds. The highest BCUT2D eigenvalue weighted by molar-refractivity contribution is 5.87. The molecular weight excluding hydrogens is 290 g/mol. The van der Waals surface area contributed by atoms with E-state index in [4.69, 9.17) is 9.84 Å². The fourth-order valence-corrected chi connectivity index (χ4v) is 1.69. The van der Waals surface area contributed by atoms with E-state index in [2.05, 4.69) is 5.32 Å². The first-order valence-corrected chi connectivity index (χ1v) is 6.76. The van der Waals surface area contributed by atoms with Crippen molar-refractivity contribution in [3.05, 3.63) is 35.4 Å². The van der Waals surface area contributed by atoms with Crippen LogP contribution < -0.4 is 5.32 Å². The SMILES string of the molecule is CC(C)(C)OC(=O)NCC(O)C(O)c1cccc(C(=O)O)c1. The van der Waals surface area contributed by atoms with Gasteiger partial charge in [-0.2, -0.15) is 0 Å². The molecule has 0 fully saturated rings. The Bertz CT molecular complexity index is 537. The van der Waals surface area contributed by atoms with E-state index in [1.54, 1.807) is 20.8 Å². The van der Waals surface area contributed by atoms with Gasteiger partial charge in [-0.25, -0.2) is 9.59 Å². The van der Waals surface area contributed by atoms with Crippen LogP contribution in [0.25, 0.3) is 0 Å². The van der Waals surface area contributed by atoms with Gasteiger partial charge in [0.05, 0.1) is 5.56 Å². The van der Waals surface area contributed by atoms with Gasteiger partial charge in [0.25, 0.3) is 0 Å². The van der Waals surface area contributed by atoms with E-state index >= 15 is 0 Å². The minimum Gasteiger partial charge on any atom is -0.478 e. The first-order chi connectivity index (χ1) is 10.1. The fourth-order valence-electron chi connectivity index (χ4n) is 1.69. The maximum Gasteiger partial charge on any atom is 0.407 e. The van der Waals surface area contributed by atoms with Gasteiger partial charge in [-0.05, 0) is 38.5 Å². The summed E-state index contributed by atoms with van der Waals surface area (Å²) in [5, 5.41) is 31.1. The van der Waals surface area contributed by atoms with Gasteiger partial charge < -0.3 is 25.4 Å². The Labute approximate surface area is 128 Å². The number of benzene rings is 1. The van der Waals surface area contributed by atoms with Crippen molar-refractivity contribution in [3.63, 3.8) is 0 Å². The standard InChI is InChI=1S/C15H21NO6/c1-15(2,3)22-14(21)16-8-11(17)12(18)9-5-4-6-10(7-9)13(19)20/h4-7,11-12,17-18H,8H2,1-3H3,(H,16,21)(H,19,20). The van der Waals surface area contributed by atoms with Gasteiger partial charge in [-0.15, -0.1) is 0 Å². The number of rotatable bonds is 5. The minimum atomic E-state index is -1.32. The van der Waals surface area contributed by atoms with Crippen LogP contribution in [0.3, 0.4) is 0 Å². The summed E-state index contributed by atoms with van der Waals surface area (Å²) in [6.07, 6.45) is -3.33. The molecular formula is C15H21NO6. The van der Waals surface area contributed by atoms with Gasteiger partial charge in [0.15, 0.2) is 0 Å². The molecule has 0 aliphatic heterocycles. The summed E-state index contributed by atoms with van der Waals surface area (Å²) in [7, 11) is 0. The van der Waals surface area contributed by atoms with Crippen molar-refractivity contribution < 1.29 is 29.6 Å². The zero-order valence-electron chi connectivity index (χ0n) is 12.7. The minimum absolute atomic E-state index is 0.00357. The Hall–Kier alpha value is -2.12. The number of carbonyl (C=O) groups excluding carboxylic acids is 1. The third kappa shape index (κ3) is 5.71. The van der Waals surface area contributed by atoms with Crippen LogP contribution >= 0.6 is 0 Å². The van der Waals surface area contributed by atoms with E-state index in [1.165, 1.54) is 24.3 Å². The molecule has 2 unspecified atom stereocenters. The average Bonchev–Trinajstić information content (AvgIpc) is 2.42. The smallest absolute Gasteiger partial charge is 0.407 e. The largest absolute Gasteiger partial charge is 0.478 e. The first-order valence-electron chi connectivity index (χ1n) is 6.76. The van der Waals surface area contributed by atoms with Crippen LogP contribution in [-0.2, 0) is 4.74 Å². The van der Waals surface area contributed by atoms with Crippen LogP contribution in [0, 0.1) is 0 Å². The lowest BCUT2D eigenvalue weighted by atomic mass is 10.0. The van der Waals surface area contributed by atoms with Crippen molar-refractivity contribution >= 4 is 12.1 Å².